The second kappa shape index (κ2) is 7.19. The van der Waals surface area contributed by atoms with E-state index in [0.717, 1.165) is 22.0 Å². The van der Waals surface area contributed by atoms with Crippen LogP contribution in [0.5, 0.6) is 0 Å². The summed E-state index contributed by atoms with van der Waals surface area (Å²) in [6.45, 7) is 1.16. The van der Waals surface area contributed by atoms with Gasteiger partial charge in [-0.3, -0.25) is 4.98 Å². The summed E-state index contributed by atoms with van der Waals surface area (Å²) in [5.74, 6) is -1.21. The second-order valence-electron chi connectivity index (χ2n) is 5.57. The van der Waals surface area contributed by atoms with Crippen molar-refractivity contribution < 1.29 is 14.3 Å². The molecule has 3 aromatic rings. The number of hydrogen-bond donors (Lipinski definition) is 2. The molecule has 4 nitrogen and oxygen atoms in total. The Morgan fingerprint density at radius 2 is 2.04 bits per heavy atom. The largest absolute Gasteiger partial charge is 0.478 e. The van der Waals surface area contributed by atoms with Crippen LogP contribution in [0.2, 0.25) is 0 Å². The molecule has 0 aliphatic heterocycles. The Hall–Kier alpha value is -2.79. The molecule has 3 rings (SSSR count). The molecule has 0 saturated carbocycles. The van der Waals surface area contributed by atoms with Crippen molar-refractivity contribution in [2.75, 3.05) is 6.54 Å². The molecular formula is C19H17FN2O2. The Labute approximate surface area is 139 Å². The lowest BCUT2D eigenvalue weighted by molar-refractivity contribution is 0.0696. The van der Waals surface area contributed by atoms with E-state index in [1.807, 2.05) is 12.1 Å². The molecule has 0 spiro atoms. The molecule has 0 atom stereocenters. The summed E-state index contributed by atoms with van der Waals surface area (Å²) < 4.78 is 13.7. The van der Waals surface area contributed by atoms with Crippen molar-refractivity contribution >= 4 is 16.9 Å². The Bertz CT molecular complexity index is 880. The third-order valence-corrected chi connectivity index (χ3v) is 3.83. The molecule has 0 saturated heterocycles. The average molecular weight is 324 g/mol. The van der Waals surface area contributed by atoms with Crippen LogP contribution in [0.25, 0.3) is 10.9 Å². The van der Waals surface area contributed by atoms with Gasteiger partial charge in [0.1, 0.15) is 5.82 Å². The number of aromatic nitrogens is 1. The molecule has 2 N–H and O–H groups in total. The van der Waals surface area contributed by atoms with Crippen molar-refractivity contribution in [3.05, 3.63) is 77.2 Å². The van der Waals surface area contributed by atoms with Gasteiger partial charge in [-0.15, -0.1) is 0 Å². The first kappa shape index (κ1) is 16.1. The summed E-state index contributed by atoms with van der Waals surface area (Å²) in [5.41, 5.74) is 2.83. The number of nitrogens with zero attached hydrogens (tertiary/aromatic N) is 1. The molecule has 0 aliphatic carbocycles. The zero-order valence-corrected chi connectivity index (χ0v) is 13.0. The fourth-order valence-electron chi connectivity index (χ4n) is 2.68. The van der Waals surface area contributed by atoms with Gasteiger partial charge in [0.05, 0.1) is 11.1 Å². The highest BCUT2D eigenvalue weighted by atomic mass is 19.1. The first-order chi connectivity index (χ1) is 11.6. The fourth-order valence-corrected chi connectivity index (χ4v) is 2.68. The molecule has 2 aromatic carbocycles. The van der Waals surface area contributed by atoms with Crippen molar-refractivity contribution in [1.82, 2.24) is 10.3 Å². The number of nitrogens with one attached hydrogen (secondary N) is 1. The summed E-state index contributed by atoms with van der Waals surface area (Å²) in [4.78, 5) is 15.3. The Balaban J connectivity index is 1.63. The number of pyridine rings is 1. The van der Waals surface area contributed by atoms with Gasteiger partial charge in [-0.25, -0.2) is 9.18 Å². The third kappa shape index (κ3) is 3.75. The van der Waals surface area contributed by atoms with Gasteiger partial charge in [-0.1, -0.05) is 18.2 Å². The number of rotatable bonds is 6. The van der Waals surface area contributed by atoms with Crippen LogP contribution in [0.1, 0.15) is 21.5 Å². The van der Waals surface area contributed by atoms with E-state index >= 15 is 0 Å². The van der Waals surface area contributed by atoms with E-state index in [1.165, 1.54) is 12.1 Å². The number of hydrogen-bond acceptors (Lipinski definition) is 3. The Morgan fingerprint density at radius 1 is 1.17 bits per heavy atom. The zero-order valence-electron chi connectivity index (χ0n) is 13.0. The van der Waals surface area contributed by atoms with E-state index in [1.54, 1.807) is 30.5 Å². The molecule has 0 radical (unpaired) electrons. The smallest absolute Gasteiger partial charge is 0.335 e. The highest BCUT2D eigenvalue weighted by molar-refractivity contribution is 5.87. The van der Waals surface area contributed by atoms with E-state index in [4.69, 9.17) is 5.11 Å². The van der Waals surface area contributed by atoms with Gasteiger partial charge in [-0.05, 0) is 54.4 Å². The van der Waals surface area contributed by atoms with Gasteiger partial charge in [-0.2, -0.15) is 0 Å². The van der Waals surface area contributed by atoms with Crippen LogP contribution < -0.4 is 5.32 Å². The lowest BCUT2D eigenvalue weighted by Gasteiger charge is -2.08. The zero-order chi connectivity index (χ0) is 16.9. The SMILES string of the molecule is O=C(O)c1cccc(CCNCc2cc(F)cc3cccnc23)c1. The van der Waals surface area contributed by atoms with Crippen LogP contribution in [-0.4, -0.2) is 22.6 Å². The molecule has 0 fully saturated rings. The van der Waals surface area contributed by atoms with Crippen molar-refractivity contribution in [2.24, 2.45) is 0 Å². The molecule has 1 aromatic heterocycles. The summed E-state index contributed by atoms with van der Waals surface area (Å²) in [6.07, 6.45) is 2.39. The Morgan fingerprint density at radius 3 is 2.88 bits per heavy atom. The molecule has 122 valence electrons. The molecule has 0 aliphatic rings. The van der Waals surface area contributed by atoms with Crippen molar-refractivity contribution in [3.63, 3.8) is 0 Å². The minimum Gasteiger partial charge on any atom is -0.478 e. The number of halogens is 1. The highest BCUT2D eigenvalue weighted by Crippen LogP contribution is 2.18. The van der Waals surface area contributed by atoms with Crippen molar-refractivity contribution in [3.8, 4) is 0 Å². The maximum atomic E-state index is 13.7. The quantitative estimate of drug-likeness (QED) is 0.682. The van der Waals surface area contributed by atoms with Crippen LogP contribution in [0, 0.1) is 5.82 Å². The van der Waals surface area contributed by atoms with Gasteiger partial charge in [0.15, 0.2) is 0 Å². The van der Waals surface area contributed by atoms with Crippen LogP contribution >= 0.6 is 0 Å². The van der Waals surface area contributed by atoms with E-state index < -0.39 is 5.97 Å². The first-order valence-corrected chi connectivity index (χ1v) is 7.69. The third-order valence-electron chi connectivity index (χ3n) is 3.83. The second-order valence-corrected chi connectivity index (χ2v) is 5.57. The molecule has 0 amide bonds. The van der Waals surface area contributed by atoms with Gasteiger partial charge in [0.25, 0.3) is 0 Å². The van der Waals surface area contributed by atoms with Crippen LogP contribution in [-0.2, 0) is 13.0 Å². The minimum atomic E-state index is -0.929. The fraction of sp³-hybridized carbons (Fsp3) is 0.158. The van der Waals surface area contributed by atoms with E-state index in [0.29, 0.717) is 19.5 Å². The minimum absolute atomic E-state index is 0.276. The number of benzene rings is 2. The maximum Gasteiger partial charge on any atom is 0.335 e. The first-order valence-electron chi connectivity index (χ1n) is 7.69. The van der Waals surface area contributed by atoms with Crippen LogP contribution in [0.4, 0.5) is 4.39 Å². The van der Waals surface area contributed by atoms with Gasteiger partial charge >= 0.3 is 5.97 Å². The lowest BCUT2D eigenvalue weighted by atomic mass is 10.1. The van der Waals surface area contributed by atoms with E-state index in [9.17, 15) is 9.18 Å². The van der Waals surface area contributed by atoms with E-state index in [2.05, 4.69) is 10.3 Å². The van der Waals surface area contributed by atoms with E-state index in [-0.39, 0.29) is 11.4 Å². The van der Waals surface area contributed by atoms with Crippen molar-refractivity contribution in [1.29, 1.82) is 0 Å². The van der Waals surface area contributed by atoms with Crippen molar-refractivity contribution in [2.45, 2.75) is 13.0 Å². The Kier molecular flexibility index (Phi) is 4.82. The predicted octanol–water partition coefficient (Wildman–Crippen LogP) is 3.40. The standard InChI is InChI=1S/C19H17FN2O2/c20-17-10-14-5-2-7-22-18(14)16(11-17)12-21-8-6-13-3-1-4-15(9-13)19(23)24/h1-5,7,9-11,21H,6,8,12H2,(H,23,24). The molecule has 1 heterocycles. The topological polar surface area (TPSA) is 62.2 Å². The average Bonchev–Trinajstić information content (AvgIpc) is 2.58. The monoisotopic (exact) mass is 324 g/mol. The molecule has 0 unspecified atom stereocenters. The summed E-state index contributed by atoms with van der Waals surface area (Å²) in [5, 5.41) is 13.0. The van der Waals surface area contributed by atoms with Gasteiger partial charge in [0, 0.05) is 18.1 Å². The number of fused-ring (bicyclic) bond motifs is 1. The highest BCUT2D eigenvalue weighted by Gasteiger charge is 2.06. The van der Waals surface area contributed by atoms with Crippen LogP contribution in [0.15, 0.2) is 54.7 Å². The van der Waals surface area contributed by atoms with Gasteiger partial charge in [0.2, 0.25) is 0 Å². The number of aromatic carboxylic acids is 1. The summed E-state index contributed by atoms with van der Waals surface area (Å²) >= 11 is 0. The lowest BCUT2D eigenvalue weighted by Crippen LogP contribution is -2.17. The molecule has 24 heavy (non-hydrogen) atoms. The molecule has 0 bridgehead atoms. The molecule has 5 heteroatoms. The number of carboxylic acids is 1. The summed E-state index contributed by atoms with van der Waals surface area (Å²) in [7, 11) is 0. The summed E-state index contributed by atoms with van der Waals surface area (Å²) in [6, 6.07) is 13.5. The maximum absolute atomic E-state index is 13.7. The number of carbonyl (C=O) groups is 1. The normalized spacial score (nSPS) is 10.9. The molecular weight excluding hydrogens is 307 g/mol. The predicted molar refractivity (Wildman–Crippen MR) is 90.5 cm³/mol. The van der Waals surface area contributed by atoms with Crippen LogP contribution in [0.3, 0.4) is 0 Å². The number of carboxylic acid groups (broad SMARTS) is 1. The van der Waals surface area contributed by atoms with Gasteiger partial charge < -0.3 is 10.4 Å².